The van der Waals surface area contributed by atoms with Crippen molar-refractivity contribution in [2.24, 2.45) is 5.92 Å². The third kappa shape index (κ3) is 2.78. The highest BCUT2D eigenvalue weighted by atomic mass is 16.5. The molecule has 0 radical (unpaired) electrons. The molecular weight excluding hydrogens is 226 g/mol. The molecule has 2 aliphatic rings. The highest BCUT2D eigenvalue weighted by molar-refractivity contribution is 5.56. The van der Waals surface area contributed by atoms with E-state index in [-0.39, 0.29) is 0 Å². The summed E-state index contributed by atoms with van der Waals surface area (Å²) in [6, 6.07) is 6.44. The summed E-state index contributed by atoms with van der Waals surface area (Å²) in [4.78, 5) is 0. The zero-order valence-electron chi connectivity index (χ0n) is 10.8. The molecule has 0 unspecified atom stereocenters. The van der Waals surface area contributed by atoms with E-state index >= 15 is 0 Å². The Hall–Kier alpha value is -1.22. The van der Waals surface area contributed by atoms with Gasteiger partial charge >= 0.3 is 0 Å². The average Bonchev–Trinajstić information content (AvgIpc) is 2.46. The summed E-state index contributed by atoms with van der Waals surface area (Å²) < 4.78 is 11.3. The van der Waals surface area contributed by atoms with Crippen LogP contribution in [0.1, 0.15) is 24.8 Å². The van der Waals surface area contributed by atoms with Crippen LogP contribution in [0.5, 0.6) is 5.75 Å². The summed E-state index contributed by atoms with van der Waals surface area (Å²) in [5.74, 6) is 1.65. The zero-order valence-corrected chi connectivity index (χ0v) is 10.8. The number of anilines is 1. The van der Waals surface area contributed by atoms with Crippen LogP contribution in [0.25, 0.3) is 0 Å². The number of hydrogen-bond donors (Lipinski definition) is 1. The first kappa shape index (κ1) is 11.8. The molecule has 2 heterocycles. The molecule has 1 saturated heterocycles. The lowest BCUT2D eigenvalue weighted by Gasteiger charge is -2.23. The van der Waals surface area contributed by atoms with E-state index in [2.05, 4.69) is 23.5 Å². The molecule has 1 N–H and O–H groups in total. The molecule has 0 atom stereocenters. The van der Waals surface area contributed by atoms with Crippen molar-refractivity contribution in [3.05, 3.63) is 23.8 Å². The Morgan fingerprint density at radius 1 is 1.28 bits per heavy atom. The van der Waals surface area contributed by atoms with Crippen molar-refractivity contribution in [3.63, 3.8) is 0 Å². The molecule has 0 saturated carbocycles. The lowest BCUT2D eigenvalue weighted by atomic mass is 10.0. The number of rotatable bonds is 3. The van der Waals surface area contributed by atoms with Crippen molar-refractivity contribution in [2.45, 2.75) is 25.7 Å². The van der Waals surface area contributed by atoms with Gasteiger partial charge in [-0.1, -0.05) is 6.07 Å². The molecule has 1 aromatic carbocycles. The Balaban J connectivity index is 1.58. The predicted molar refractivity (Wildman–Crippen MR) is 72.3 cm³/mol. The van der Waals surface area contributed by atoms with Crippen LogP contribution in [0.15, 0.2) is 18.2 Å². The Bertz CT molecular complexity index is 399. The molecule has 18 heavy (non-hydrogen) atoms. The van der Waals surface area contributed by atoms with Gasteiger partial charge in [0.1, 0.15) is 5.75 Å². The van der Waals surface area contributed by atoms with Gasteiger partial charge in [0.05, 0.1) is 6.61 Å². The van der Waals surface area contributed by atoms with Crippen LogP contribution < -0.4 is 10.1 Å². The zero-order chi connectivity index (χ0) is 12.2. The maximum Gasteiger partial charge on any atom is 0.121 e. The predicted octanol–water partition coefficient (Wildman–Crippen LogP) is 2.85. The Morgan fingerprint density at radius 2 is 2.17 bits per heavy atom. The number of fused-ring (bicyclic) bond motifs is 1. The van der Waals surface area contributed by atoms with Crippen LogP contribution in [0, 0.1) is 5.92 Å². The van der Waals surface area contributed by atoms with Crippen LogP contribution in [0.3, 0.4) is 0 Å². The van der Waals surface area contributed by atoms with Crippen molar-refractivity contribution in [3.8, 4) is 5.75 Å². The standard InChI is InChI=1S/C15H21NO2/c1-2-13-3-4-14(10-15(13)16-7-1)18-11-12-5-8-17-9-6-12/h3-4,10,12,16H,1-2,5-9,11H2. The summed E-state index contributed by atoms with van der Waals surface area (Å²) in [7, 11) is 0. The van der Waals surface area contributed by atoms with Crippen molar-refractivity contribution in [1.82, 2.24) is 0 Å². The minimum absolute atomic E-state index is 0.655. The smallest absolute Gasteiger partial charge is 0.121 e. The second-order valence-corrected chi connectivity index (χ2v) is 5.22. The molecule has 98 valence electrons. The number of aryl methyl sites for hydroxylation is 1. The summed E-state index contributed by atoms with van der Waals surface area (Å²) in [5, 5.41) is 3.44. The van der Waals surface area contributed by atoms with Gasteiger partial charge in [0.2, 0.25) is 0 Å². The van der Waals surface area contributed by atoms with Crippen molar-refractivity contribution >= 4 is 5.69 Å². The minimum atomic E-state index is 0.655. The van der Waals surface area contributed by atoms with Crippen LogP contribution in [-0.4, -0.2) is 26.4 Å². The lowest BCUT2D eigenvalue weighted by molar-refractivity contribution is 0.0497. The van der Waals surface area contributed by atoms with E-state index in [1.165, 1.54) is 24.1 Å². The first-order valence-corrected chi connectivity index (χ1v) is 6.99. The van der Waals surface area contributed by atoms with Gasteiger partial charge in [-0.25, -0.2) is 0 Å². The molecule has 3 rings (SSSR count). The topological polar surface area (TPSA) is 30.5 Å². The van der Waals surface area contributed by atoms with Gasteiger partial charge in [0.15, 0.2) is 0 Å². The fraction of sp³-hybridized carbons (Fsp3) is 0.600. The monoisotopic (exact) mass is 247 g/mol. The minimum Gasteiger partial charge on any atom is -0.493 e. The number of benzene rings is 1. The van der Waals surface area contributed by atoms with E-state index in [1.54, 1.807) is 0 Å². The molecule has 3 heteroatoms. The highest BCUT2D eigenvalue weighted by Crippen LogP contribution is 2.27. The number of ether oxygens (including phenoxy) is 2. The van der Waals surface area contributed by atoms with Crippen LogP contribution in [-0.2, 0) is 11.2 Å². The largest absolute Gasteiger partial charge is 0.493 e. The molecule has 1 fully saturated rings. The second kappa shape index (κ2) is 5.61. The first-order chi connectivity index (χ1) is 8.92. The summed E-state index contributed by atoms with van der Waals surface area (Å²) in [6.07, 6.45) is 4.67. The van der Waals surface area contributed by atoms with Gasteiger partial charge < -0.3 is 14.8 Å². The van der Waals surface area contributed by atoms with Crippen LogP contribution in [0.4, 0.5) is 5.69 Å². The molecule has 1 aromatic rings. The van der Waals surface area contributed by atoms with Gasteiger partial charge in [-0.2, -0.15) is 0 Å². The van der Waals surface area contributed by atoms with E-state index in [0.717, 1.165) is 45.0 Å². The Morgan fingerprint density at radius 3 is 3.06 bits per heavy atom. The third-order valence-electron chi connectivity index (χ3n) is 3.85. The highest BCUT2D eigenvalue weighted by Gasteiger charge is 2.15. The lowest BCUT2D eigenvalue weighted by Crippen LogP contribution is -2.21. The SMILES string of the molecule is c1cc2c(cc1OCC1CCOCC1)NCCC2. The van der Waals surface area contributed by atoms with E-state index < -0.39 is 0 Å². The summed E-state index contributed by atoms with van der Waals surface area (Å²) in [6.45, 7) is 3.68. The molecular formula is C15H21NO2. The number of hydrogen-bond acceptors (Lipinski definition) is 3. The molecule has 3 nitrogen and oxygen atoms in total. The fourth-order valence-electron chi connectivity index (χ4n) is 2.66. The maximum absolute atomic E-state index is 5.92. The van der Waals surface area contributed by atoms with Crippen LogP contribution >= 0.6 is 0 Å². The molecule has 0 spiro atoms. The second-order valence-electron chi connectivity index (χ2n) is 5.22. The number of nitrogens with one attached hydrogen (secondary N) is 1. The van der Waals surface area contributed by atoms with E-state index in [0.29, 0.717) is 5.92 Å². The molecule has 0 bridgehead atoms. The quantitative estimate of drug-likeness (QED) is 0.891. The van der Waals surface area contributed by atoms with Crippen LogP contribution in [0.2, 0.25) is 0 Å². The Labute approximate surface area is 108 Å². The first-order valence-electron chi connectivity index (χ1n) is 6.99. The van der Waals surface area contributed by atoms with E-state index in [9.17, 15) is 0 Å². The molecule has 0 amide bonds. The third-order valence-corrected chi connectivity index (χ3v) is 3.85. The average molecular weight is 247 g/mol. The van der Waals surface area contributed by atoms with Gasteiger partial charge in [-0.05, 0) is 43.2 Å². The van der Waals surface area contributed by atoms with Gasteiger partial charge in [-0.3, -0.25) is 0 Å². The Kier molecular flexibility index (Phi) is 3.69. The maximum atomic E-state index is 5.92. The molecule has 0 aliphatic carbocycles. The fourth-order valence-corrected chi connectivity index (χ4v) is 2.66. The molecule has 0 aromatic heterocycles. The van der Waals surface area contributed by atoms with Gasteiger partial charge in [-0.15, -0.1) is 0 Å². The van der Waals surface area contributed by atoms with Crippen molar-refractivity contribution < 1.29 is 9.47 Å². The summed E-state index contributed by atoms with van der Waals surface area (Å²) >= 11 is 0. The summed E-state index contributed by atoms with van der Waals surface area (Å²) in [5.41, 5.74) is 2.67. The molecule has 2 aliphatic heterocycles. The van der Waals surface area contributed by atoms with Crippen molar-refractivity contribution in [2.75, 3.05) is 31.7 Å². The van der Waals surface area contributed by atoms with Gasteiger partial charge in [0, 0.05) is 31.5 Å². The van der Waals surface area contributed by atoms with E-state index in [4.69, 9.17) is 9.47 Å². The normalized spacial score (nSPS) is 20.0. The van der Waals surface area contributed by atoms with Crippen molar-refractivity contribution in [1.29, 1.82) is 0 Å². The van der Waals surface area contributed by atoms with Gasteiger partial charge in [0.25, 0.3) is 0 Å². The van der Waals surface area contributed by atoms with E-state index in [1.807, 2.05) is 0 Å².